The lowest BCUT2D eigenvalue weighted by Gasteiger charge is -2.08. The van der Waals surface area contributed by atoms with Crippen molar-refractivity contribution in [1.82, 2.24) is 0 Å². The van der Waals surface area contributed by atoms with Crippen molar-refractivity contribution in [3.05, 3.63) is 59.7 Å². The summed E-state index contributed by atoms with van der Waals surface area (Å²) in [6.45, 7) is 1.48. The third-order valence-corrected chi connectivity index (χ3v) is 2.85. The molecule has 2 aromatic rings. The van der Waals surface area contributed by atoms with Gasteiger partial charge in [-0.1, -0.05) is 0 Å². The summed E-state index contributed by atoms with van der Waals surface area (Å²) in [5, 5.41) is 5.30. The number of hydrogen-bond donors (Lipinski definition) is 2. The van der Waals surface area contributed by atoms with Crippen LogP contribution in [0.4, 0.5) is 16.2 Å². The fourth-order valence-corrected chi connectivity index (χ4v) is 1.73. The minimum atomic E-state index is -0.399. The lowest BCUT2D eigenvalue weighted by atomic mass is 10.1. The number of aldehydes is 1. The Labute approximate surface area is 122 Å². The Hall–Kier alpha value is -2.95. The summed E-state index contributed by atoms with van der Waals surface area (Å²) in [5.74, 6) is -0.0266. The Kier molecular flexibility index (Phi) is 4.46. The first kappa shape index (κ1) is 14.5. The van der Waals surface area contributed by atoms with Crippen molar-refractivity contribution >= 4 is 29.5 Å². The van der Waals surface area contributed by atoms with Gasteiger partial charge in [-0.2, -0.15) is 0 Å². The highest BCUT2D eigenvalue weighted by molar-refractivity contribution is 6.00. The highest BCUT2D eigenvalue weighted by atomic mass is 16.2. The van der Waals surface area contributed by atoms with E-state index in [1.807, 2.05) is 0 Å². The summed E-state index contributed by atoms with van der Waals surface area (Å²) in [6, 6.07) is 12.7. The van der Waals surface area contributed by atoms with Crippen molar-refractivity contribution in [1.29, 1.82) is 0 Å². The minimum Gasteiger partial charge on any atom is -0.308 e. The van der Waals surface area contributed by atoms with Crippen molar-refractivity contribution in [2.24, 2.45) is 0 Å². The van der Waals surface area contributed by atoms with E-state index >= 15 is 0 Å². The number of nitrogens with one attached hydrogen (secondary N) is 2. The second kappa shape index (κ2) is 6.47. The minimum absolute atomic E-state index is 0.0266. The third kappa shape index (κ3) is 4.01. The molecule has 2 rings (SSSR count). The summed E-state index contributed by atoms with van der Waals surface area (Å²) in [7, 11) is 0. The molecule has 5 nitrogen and oxygen atoms in total. The van der Waals surface area contributed by atoms with Crippen LogP contribution in [0.1, 0.15) is 27.6 Å². The van der Waals surface area contributed by atoms with Gasteiger partial charge in [-0.05, 0) is 55.5 Å². The molecule has 0 aliphatic heterocycles. The van der Waals surface area contributed by atoms with Crippen LogP contribution in [0.5, 0.6) is 0 Å². The molecular formula is C16H14N2O3. The number of rotatable bonds is 4. The summed E-state index contributed by atoms with van der Waals surface area (Å²) >= 11 is 0. The summed E-state index contributed by atoms with van der Waals surface area (Å²) in [4.78, 5) is 33.5. The Morgan fingerprint density at radius 2 is 1.33 bits per heavy atom. The molecule has 2 amide bonds. The van der Waals surface area contributed by atoms with Gasteiger partial charge in [0.2, 0.25) is 0 Å². The molecule has 0 spiro atoms. The first-order chi connectivity index (χ1) is 10.1. The lowest BCUT2D eigenvalue weighted by Crippen LogP contribution is -2.19. The maximum atomic E-state index is 11.8. The van der Waals surface area contributed by atoms with Crippen LogP contribution in [0, 0.1) is 0 Å². The molecule has 106 valence electrons. The van der Waals surface area contributed by atoms with Crippen LogP contribution < -0.4 is 10.6 Å². The van der Waals surface area contributed by atoms with Gasteiger partial charge in [-0.25, -0.2) is 4.79 Å². The Morgan fingerprint density at radius 1 is 0.857 bits per heavy atom. The standard InChI is InChI=1S/C16H14N2O3/c1-11(20)13-4-8-15(9-5-13)18-16(21)17-14-6-2-12(10-19)3-7-14/h2-10H,1H3,(H2,17,18,21). The first-order valence-electron chi connectivity index (χ1n) is 6.33. The van der Waals surface area contributed by atoms with Gasteiger partial charge >= 0.3 is 6.03 Å². The number of hydrogen-bond acceptors (Lipinski definition) is 3. The number of carbonyl (C=O) groups excluding carboxylic acids is 3. The van der Waals surface area contributed by atoms with E-state index in [1.165, 1.54) is 6.92 Å². The highest BCUT2D eigenvalue weighted by Crippen LogP contribution is 2.12. The first-order valence-corrected chi connectivity index (χ1v) is 6.33. The zero-order valence-electron chi connectivity index (χ0n) is 11.4. The van der Waals surface area contributed by atoms with Gasteiger partial charge in [0.05, 0.1) is 0 Å². The second-order valence-corrected chi connectivity index (χ2v) is 4.45. The summed E-state index contributed by atoms with van der Waals surface area (Å²) in [5.41, 5.74) is 2.30. The number of anilines is 2. The van der Waals surface area contributed by atoms with Gasteiger partial charge in [-0.15, -0.1) is 0 Å². The molecular weight excluding hydrogens is 268 g/mol. The Bertz CT molecular complexity index is 661. The molecule has 0 radical (unpaired) electrons. The average molecular weight is 282 g/mol. The molecule has 0 atom stereocenters. The smallest absolute Gasteiger partial charge is 0.308 e. The van der Waals surface area contributed by atoms with Gasteiger partial charge in [0.15, 0.2) is 5.78 Å². The lowest BCUT2D eigenvalue weighted by molar-refractivity contribution is 0.101. The van der Waals surface area contributed by atoms with Crippen LogP contribution in [0.3, 0.4) is 0 Å². The SMILES string of the molecule is CC(=O)c1ccc(NC(=O)Nc2ccc(C=O)cc2)cc1. The van der Waals surface area contributed by atoms with E-state index < -0.39 is 6.03 Å². The maximum absolute atomic E-state index is 11.8. The zero-order chi connectivity index (χ0) is 15.2. The van der Waals surface area contributed by atoms with Crippen molar-refractivity contribution in [3.63, 3.8) is 0 Å². The molecule has 5 heteroatoms. The van der Waals surface area contributed by atoms with E-state index in [0.717, 1.165) is 6.29 Å². The molecule has 0 saturated carbocycles. The molecule has 2 N–H and O–H groups in total. The molecule has 0 bridgehead atoms. The molecule has 0 aliphatic rings. The molecule has 0 fully saturated rings. The Balaban J connectivity index is 1.97. The van der Waals surface area contributed by atoms with Gasteiger partial charge in [0.25, 0.3) is 0 Å². The van der Waals surface area contributed by atoms with Crippen molar-refractivity contribution in [3.8, 4) is 0 Å². The predicted octanol–water partition coefficient (Wildman–Crippen LogP) is 3.35. The predicted molar refractivity (Wildman–Crippen MR) is 80.9 cm³/mol. The highest BCUT2D eigenvalue weighted by Gasteiger charge is 2.04. The van der Waals surface area contributed by atoms with Crippen LogP contribution in [-0.4, -0.2) is 18.1 Å². The van der Waals surface area contributed by atoms with Gasteiger partial charge in [-0.3, -0.25) is 9.59 Å². The van der Waals surface area contributed by atoms with Crippen LogP contribution in [0.15, 0.2) is 48.5 Å². The number of urea groups is 1. The number of benzene rings is 2. The maximum Gasteiger partial charge on any atom is 0.323 e. The molecule has 0 aromatic heterocycles. The summed E-state index contributed by atoms with van der Waals surface area (Å²) in [6.07, 6.45) is 0.737. The van der Waals surface area contributed by atoms with Gasteiger partial charge in [0, 0.05) is 22.5 Å². The van der Waals surface area contributed by atoms with Gasteiger partial charge < -0.3 is 10.6 Å². The van der Waals surface area contributed by atoms with Gasteiger partial charge in [0.1, 0.15) is 6.29 Å². The molecule has 2 aromatic carbocycles. The fraction of sp³-hybridized carbons (Fsp3) is 0.0625. The van der Waals surface area contributed by atoms with E-state index in [9.17, 15) is 14.4 Å². The largest absolute Gasteiger partial charge is 0.323 e. The number of Topliss-reactive ketones (excluding diaryl/α,β-unsaturated/α-hetero) is 1. The third-order valence-electron chi connectivity index (χ3n) is 2.85. The normalized spacial score (nSPS) is 9.76. The molecule has 0 aliphatic carbocycles. The molecule has 21 heavy (non-hydrogen) atoms. The van der Waals surface area contributed by atoms with E-state index in [-0.39, 0.29) is 5.78 Å². The zero-order valence-corrected chi connectivity index (χ0v) is 11.4. The van der Waals surface area contributed by atoms with E-state index in [2.05, 4.69) is 10.6 Å². The molecule has 0 heterocycles. The fourth-order valence-electron chi connectivity index (χ4n) is 1.73. The average Bonchev–Trinajstić information content (AvgIpc) is 2.48. The second-order valence-electron chi connectivity index (χ2n) is 4.45. The van der Waals surface area contributed by atoms with Crippen LogP contribution in [0.2, 0.25) is 0 Å². The quantitative estimate of drug-likeness (QED) is 0.667. The number of ketones is 1. The monoisotopic (exact) mass is 282 g/mol. The Morgan fingerprint density at radius 3 is 1.76 bits per heavy atom. The van der Waals surface area contributed by atoms with Crippen molar-refractivity contribution < 1.29 is 14.4 Å². The van der Waals surface area contributed by atoms with Crippen LogP contribution >= 0.6 is 0 Å². The van der Waals surface area contributed by atoms with Crippen molar-refractivity contribution in [2.45, 2.75) is 6.92 Å². The number of carbonyl (C=O) groups is 3. The van der Waals surface area contributed by atoms with Crippen molar-refractivity contribution in [2.75, 3.05) is 10.6 Å². The molecule has 0 saturated heterocycles. The summed E-state index contributed by atoms with van der Waals surface area (Å²) < 4.78 is 0. The number of amides is 2. The van der Waals surface area contributed by atoms with E-state index in [4.69, 9.17) is 0 Å². The van der Waals surface area contributed by atoms with Crippen LogP contribution in [0.25, 0.3) is 0 Å². The molecule has 0 unspecified atom stereocenters. The van der Waals surface area contributed by atoms with E-state index in [0.29, 0.717) is 22.5 Å². The van der Waals surface area contributed by atoms with E-state index in [1.54, 1.807) is 48.5 Å². The van der Waals surface area contributed by atoms with Crippen LogP contribution in [-0.2, 0) is 0 Å². The topological polar surface area (TPSA) is 75.3 Å².